The van der Waals surface area contributed by atoms with Crippen molar-refractivity contribution in [3.05, 3.63) is 0 Å². The molecule has 1 N–H and O–H groups in total. The lowest BCUT2D eigenvalue weighted by molar-refractivity contribution is -0.148. The molecule has 0 spiro atoms. The predicted octanol–water partition coefficient (Wildman–Crippen LogP) is 2.52. The zero-order valence-corrected chi connectivity index (χ0v) is 10.2. The van der Waals surface area contributed by atoms with Crippen LogP contribution < -0.4 is 0 Å². The predicted molar refractivity (Wildman–Crippen MR) is 60.6 cm³/mol. The van der Waals surface area contributed by atoms with Crippen molar-refractivity contribution in [2.45, 2.75) is 59.0 Å². The first-order valence-electron chi connectivity index (χ1n) is 5.92. The molecule has 0 saturated carbocycles. The Balaban J connectivity index is 3.51. The van der Waals surface area contributed by atoms with Gasteiger partial charge in [-0.05, 0) is 26.2 Å². The Morgan fingerprint density at radius 1 is 1.27 bits per heavy atom. The van der Waals surface area contributed by atoms with Gasteiger partial charge in [-0.3, -0.25) is 4.79 Å². The maximum atomic E-state index is 11.4. The summed E-state index contributed by atoms with van der Waals surface area (Å²) in [6.07, 6.45) is 4.21. The van der Waals surface area contributed by atoms with Crippen LogP contribution in [-0.4, -0.2) is 23.8 Å². The van der Waals surface area contributed by atoms with Gasteiger partial charge < -0.3 is 9.84 Å². The van der Waals surface area contributed by atoms with E-state index in [-0.39, 0.29) is 18.0 Å². The molecule has 0 saturated heterocycles. The number of esters is 1. The fourth-order valence-electron chi connectivity index (χ4n) is 1.28. The largest absolute Gasteiger partial charge is 0.465 e. The van der Waals surface area contributed by atoms with Crippen LogP contribution in [0.2, 0.25) is 0 Å². The quantitative estimate of drug-likeness (QED) is 0.501. The number of carbonyl (C=O) groups excluding carboxylic acids is 1. The Hall–Kier alpha value is -0.570. The van der Waals surface area contributed by atoms with E-state index < -0.39 is 0 Å². The van der Waals surface area contributed by atoms with Crippen LogP contribution in [0, 0.1) is 5.92 Å². The molecule has 2 unspecified atom stereocenters. The standard InChI is InChI=1S/C12H24O3/c1-4-5-6-9-15-12(14)10(2)7-8-11(3)13/h10-11,13H,4-9H2,1-3H3. The van der Waals surface area contributed by atoms with Gasteiger partial charge in [-0.25, -0.2) is 0 Å². The van der Waals surface area contributed by atoms with E-state index in [0.717, 1.165) is 19.3 Å². The molecule has 0 aliphatic carbocycles. The smallest absolute Gasteiger partial charge is 0.308 e. The van der Waals surface area contributed by atoms with E-state index in [1.807, 2.05) is 6.92 Å². The van der Waals surface area contributed by atoms with E-state index in [0.29, 0.717) is 19.4 Å². The normalized spacial score (nSPS) is 14.7. The molecule has 15 heavy (non-hydrogen) atoms. The molecule has 90 valence electrons. The Kier molecular flexibility index (Phi) is 8.38. The molecule has 0 rings (SSSR count). The number of ether oxygens (including phenoxy) is 1. The minimum atomic E-state index is -0.333. The molecule has 3 nitrogen and oxygen atoms in total. The molecule has 0 aliphatic heterocycles. The summed E-state index contributed by atoms with van der Waals surface area (Å²) < 4.78 is 5.12. The molecular weight excluding hydrogens is 192 g/mol. The number of unbranched alkanes of at least 4 members (excludes halogenated alkanes) is 2. The number of aliphatic hydroxyl groups is 1. The van der Waals surface area contributed by atoms with Crippen LogP contribution in [0.25, 0.3) is 0 Å². The van der Waals surface area contributed by atoms with Crippen molar-refractivity contribution in [3.63, 3.8) is 0 Å². The van der Waals surface area contributed by atoms with Crippen LogP contribution >= 0.6 is 0 Å². The first kappa shape index (κ1) is 14.4. The van der Waals surface area contributed by atoms with Crippen LogP contribution in [0.4, 0.5) is 0 Å². The van der Waals surface area contributed by atoms with Gasteiger partial charge in [0, 0.05) is 0 Å². The Bertz CT molecular complexity index is 166. The SMILES string of the molecule is CCCCCOC(=O)C(C)CCC(C)O. The highest BCUT2D eigenvalue weighted by molar-refractivity contribution is 5.71. The average molecular weight is 216 g/mol. The van der Waals surface area contributed by atoms with E-state index in [2.05, 4.69) is 6.92 Å². The van der Waals surface area contributed by atoms with Crippen LogP contribution in [-0.2, 0) is 9.53 Å². The third-order valence-electron chi connectivity index (χ3n) is 2.41. The van der Waals surface area contributed by atoms with E-state index >= 15 is 0 Å². The minimum absolute atomic E-state index is 0.0961. The zero-order valence-electron chi connectivity index (χ0n) is 10.2. The lowest BCUT2D eigenvalue weighted by atomic mass is 10.0. The van der Waals surface area contributed by atoms with Crippen LogP contribution in [0.5, 0.6) is 0 Å². The van der Waals surface area contributed by atoms with Gasteiger partial charge in [-0.1, -0.05) is 26.7 Å². The molecule has 0 aromatic rings. The number of hydrogen-bond donors (Lipinski definition) is 1. The zero-order chi connectivity index (χ0) is 11.7. The van der Waals surface area contributed by atoms with Crippen molar-refractivity contribution >= 4 is 5.97 Å². The maximum absolute atomic E-state index is 11.4. The summed E-state index contributed by atoms with van der Waals surface area (Å²) in [4.78, 5) is 11.4. The number of aliphatic hydroxyl groups excluding tert-OH is 1. The van der Waals surface area contributed by atoms with Gasteiger partial charge in [0.1, 0.15) is 0 Å². The van der Waals surface area contributed by atoms with Crippen molar-refractivity contribution in [2.75, 3.05) is 6.61 Å². The maximum Gasteiger partial charge on any atom is 0.308 e. The Labute approximate surface area is 92.8 Å². The van der Waals surface area contributed by atoms with Gasteiger partial charge in [0.05, 0.1) is 18.6 Å². The second kappa shape index (κ2) is 8.72. The summed E-state index contributed by atoms with van der Waals surface area (Å²) in [6.45, 7) is 6.24. The molecule has 0 aromatic carbocycles. The highest BCUT2D eigenvalue weighted by atomic mass is 16.5. The second-order valence-electron chi connectivity index (χ2n) is 4.20. The van der Waals surface area contributed by atoms with Gasteiger partial charge in [-0.15, -0.1) is 0 Å². The molecule has 0 aromatic heterocycles. The van der Waals surface area contributed by atoms with Crippen LogP contribution in [0.15, 0.2) is 0 Å². The van der Waals surface area contributed by atoms with Gasteiger partial charge in [-0.2, -0.15) is 0 Å². The molecule has 3 heteroatoms. The fraction of sp³-hybridized carbons (Fsp3) is 0.917. The third kappa shape index (κ3) is 8.43. The summed E-state index contributed by atoms with van der Waals surface area (Å²) in [5, 5.41) is 9.08. The molecule has 2 atom stereocenters. The highest BCUT2D eigenvalue weighted by Gasteiger charge is 2.14. The molecule has 0 heterocycles. The van der Waals surface area contributed by atoms with Gasteiger partial charge in [0.2, 0.25) is 0 Å². The van der Waals surface area contributed by atoms with Crippen molar-refractivity contribution in [3.8, 4) is 0 Å². The van der Waals surface area contributed by atoms with Crippen molar-refractivity contribution in [2.24, 2.45) is 5.92 Å². The fourth-order valence-corrected chi connectivity index (χ4v) is 1.28. The number of hydrogen-bond acceptors (Lipinski definition) is 3. The lowest BCUT2D eigenvalue weighted by Crippen LogP contribution is -2.17. The summed E-state index contributed by atoms with van der Waals surface area (Å²) in [5.41, 5.74) is 0. The number of carbonyl (C=O) groups is 1. The molecular formula is C12H24O3. The van der Waals surface area contributed by atoms with Crippen LogP contribution in [0.1, 0.15) is 52.9 Å². The Morgan fingerprint density at radius 2 is 1.93 bits per heavy atom. The molecule has 0 aliphatic rings. The molecule has 0 bridgehead atoms. The van der Waals surface area contributed by atoms with E-state index in [9.17, 15) is 4.79 Å². The summed E-state index contributed by atoms with van der Waals surface area (Å²) in [7, 11) is 0. The van der Waals surface area contributed by atoms with Crippen LogP contribution in [0.3, 0.4) is 0 Å². The van der Waals surface area contributed by atoms with Gasteiger partial charge in [0.25, 0.3) is 0 Å². The summed E-state index contributed by atoms with van der Waals surface area (Å²) in [5.74, 6) is -0.229. The minimum Gasteiger partial charge on any atom is -0.465 e. The number of rotatable bonds is 8. The monoisotopic (exact) mass is 216 g/mol. The van der Waals surface area contributed by atoms with Crippen molar-refractivity contribution < 1.29 is 14.6 Å². The Morgan fingerprint density at radius 3 is 2.47 bits per heavy atom. The van der Waals surface area contributed by atoms with E-state index in [4.69, 9.17) is 9.84 Å². The van der Waals surface area contributed by atoms with Crippen molar-refractivity contribution in [1.29, 1.82) is 0 Å². The van der Waals surface area contributed by atoms with E-state index in [1.165, 1.54) is 0 Å². The first-order valence-corrected chi connectivity index (χ1v) is 5.92. The first-order chi connectivity index (χ1) is 7.07. The third-order valence-corrected chi connectivity index (χ3v) is 2.41. The van der Waals surface area contributed by atoms with E-state index in [1.54, 1.807) is 6.92 Å². The average Bonchev–Trinajstić information content (AvgIpc) is 2.20. The second-order valence-corrected chi connectivity index (χ2v) is 4.20. The van der Waals surface area contributed by atoms with Crippen molar-refractivity contribution in [1.82, 2.24) is 0 Å². The summed E-state index contributed by atoms with van der Waals surface area (Å²) >= 11 is 0. The summed E-state index contributed by atoms with van der Waals surface area (Å²) in [6, 6.07) is 0. The van der Waals surface area contributed by atoms with Gasteiger partial charge in [0.15, 0.2) is 0 Å². The highest BCUT2D eigenvalue weighted by Crippen LogP contribution is 2.10. The molecule has 0 amide bonds. The topological polar surface area (TPSA) is 46.5 Å². The molecule has 0 fully saturated rings. The molecule has 0 radical (unpaired) electrons. The van der Waals surface area contributed by atoms with Gasteiger partial charge >= 0.3 is 5.97 Å². The lowest BCUT2D eigenvalue weighted by Gasteiger charge is -2.12.